The van der Waals surface area contributed by atoms with E-state index in [4.69, 9.17) is 22.1 Å². The summed E-state index contributed by atoms with van der Waals surface area (Å²) < 4.78 is 5.51. The number of ether oxygens (including phenoxy) is 1. The number of nitrogens with one attached hydrogen (secondary N) is 1. The fourth-order valence-corrected chi connectivity index (χ4v) is 1.51. The topological polar surface area (TPSA) is 59.6 Å². The lowest BCUT2D eigenvalue weighted by Crippen LogP contribution is -2.34. The van der Waals surface area contributed by atoms with Crippen LogP contribution in [0.25, 0.3) is 0 Å². The average molecular weight is 270 g/mol. The molecule has 0 fully saturated rings. The molecule has 100 valence electrons. The Morgan fingerprint density at radius 1 is 1.44 bits per heavy atom. The van der Waals surface area contributed by atoms with Crippen molar-refractivity contribution in [3.63, 3.8) is 0 Å². The van der Waals surface area contributed by atoms with Crippen LogP contribution in [0.15, 0.2) is 29.3 Å². The Hall–Kier alpha value is -1.42. The quantitative estimate of drug-likeness (QED) is 0.454. The minimum Gasteiger partial charge on any atom is -0.490 e. The van der Waals surface area contributed by atoms with Crippen LogP contribution in [0, 0.1) is 0 Å². The first-order chi connectivity index (χ1) is 8.74. The summed E-state index contributed by atoms with van der Waals surface area (Å²) in [6.45, 7) is 3.98. The second kappa shape index (κ2) is 8.64. The van der Waals surface area contributed by atoms with Gasteiger partial charge in [0, 0.05) is 6.54 Å². The molecule has 0 heterocycles. The maximum Gasteiger partial charge on any atom is 0.188 e. The van der Waals surface area contributed by atoms with Gasteiger partial charge < -0.3 is 15.8 Å². The van der Waals surface area contributed by atoms with Gasteiger partial charge in [0.05, 0.1) is 11.6 Å². The lowest BCUT2D eigenvalue weighted by Gasteiger charge is -2.09. The van der Waals surface area contributed by atoms with E-state index in [0.29, 0.717) is 29.9 Å². The zero-order valence-corrected chi connectivity index (χ0v) is 11.4. The third-order valence-electron chi connectivity index (χ3n) is 2.30. The molecule has 1 aromatic rings. The summed E-state index contributed by atoms with van der Waals surface area (Å²) in [5.41, 5.74) is 5.68. The van der Waals surface area contributed by atoms with E-state index in [0.717, 1.165) is 19.4 Å². The van der Waals surface area contributed by atoms with Crippen LogP contribution in [0.5, 0.6) is 5.75 Å². The summed E-state index contributed by atoms with van der Waals surface area (Å²) in [5.74, 6) is 1.15. The number of para-hydroxylation sites is 1. The lowest BCUT2D eigenvalue weighted by atomic mass is 10.3. The predicted octanol–water partition coefficient (Wildman–Crippen LogP) is 2.42. The van der Waals surface area contributed by atoms with Crippen molar-refractivity contribution < 1.29 is 4.74 Å². The van der Waals surface area contributed by atoms with Gasteiger partial charge in [0.2, 0.25) is 0 Å². The summed E-state index contributed by atoms with van der Waals surface area (Å²) in [7, 11) is 0. The summed E-state index contributed by atoms with van der Waals surface area (Å²) in [6, 6.07) is 7.38. The Bertz CT molecular complexity index is 382. The van der Waals surface area contributed by atoms with E-state index in [-0.39, 0.29) is 0 Å². The molecule has 4 nitrogen and oxygen atoms in total. The van der Waals surface area contributed by atoms with Crippen molar-refractivity contribution in [3.8, 4) is 5.75 Å². The second-order valence-electron chi connectivity index (χ2n) is 3.83. The Balaban J connectivity index is 2.19. The van der Waals surface area contributed by atoms with Gasteiger partial charge >= 0.3 is 0 Å². The fraction of sp³-hybridized carbons (Fsp3) is 0.462. The van der Waals surface area contributed by atoms with Crippen molar-refractivity contribution in [2.24, 2.45) is 10.7 Å². The first-order valence-electron chi connectivity index (χ1n) is 6.15. The van der Waals surface area contributed by atoms with Crippen molar-refractivity contribution in [1.29, 1.82) is 0 Å². The van der Waals surface area contributed by atoms with E-state index in [1.54, 1.807) is 6.07 Å². The maximum atomic E-state index is 5.96. The number of hydrogen-bond donors (Lipinski definition) is 2. The van der Waals surface area contributed by atoms with Crippen LogP contribution in [0.1, 0.15) is 19.8 Å². The highest BCUT2D eigenvalue weighted by molar-refractivity contribution is 6.32. The third kappa shape index (κ3) is 5.77. The van der Waals surface area contributed by atoms with Crippen LogP contribution in [0.3, 0.4) is 0 Å². The normalized spacial score (nSPS) is 11.3. The second-order valence-corrected chi connectivity index (χ2v) is 4.23. The Labute approximate surface area is 113 Å². The lowest BCUT2D eigenvalue weighted by molar-refractivity contribution is 0.322. The number of hydrogen-bond acceptors (Lipinski definition) is 2. The van der Waals surface area contributed by atoms with Crippen molar-refractivity contribution in [2.75, 3.05) is 19.7 Å². The highest BCUT2D eigenvalue weighted by Crippen LogP contribution is 2.22. The Kier molecular flexibility index (Phi) is 7.03. The smallest absolute Gasteiger partial charge is 0.188 e. The van der Waals surface area contributed by atoms with Gasteiger partial charge in [-0.3, -0.25) is 4.99 Å². The van der Waals surface area contributed by atoms with Crippen LogP contribution in [-0.4, -0.2) is 25.7 Å². The van der Waals surface area contributed by atoms with Crippen LogP contribution in [-0.2, 0) is 0 Å². The molecule has 0 amide bonds. The molecule has 1 aromatic carbocycles. The minimum absolute atomic E-state index is 0.464. The van der Waals surface area contributed by atoms with Crippen molar-refractivity contribution in [3.05, 3.63) is 29.3 Å². The number of guanidine groups is 1. The van der Waals surface area contributed by atoms with E-state index in [9.17, 15) is 0 Å². The summed E-state index contributed by atoms with van der Waals surface area (Å²) >= 11 is 5.96. The molecule has 0 aliphatic rings. The number of nitrogens with two attached hydrogens (primary N) is 1. The van der Waals surface area contributed by atoms with Crippen LogP contribution in [0.2, 0.25) is 5.02 Å². The zero-order valence-electron chi connectivity index (χ0n) is 10.7. The number of unbranched alkanes of at least 4 members (excludes halogenated alkanes) is 1. The van der Waals surface area contributed by atoms with Gasteiger partial charge in [-0.1, -0.05) is 37.1 Å². The SMILES string of the molecule is CCCCN=C(N)NCCOc1ccccc1Cl. The molecule has 0 unspecified atom stereocenters. The fourth-order valence-electron chi connectivity index (χ4n) is 1.32. The molecule has 5 heteroatoms. The number of nitrogens with zero attached hydrogens (tertiary/aromatic N) is 1. The Morgan fingerprint density at radius 3 is 2.94 bits per heavy atom. The summed E-state index contributed by atoms with van der Waals surface area (Å²) in [6.07, 6.45) is 2.17. The molecule has 0 bridgehead atoms. The van der Waals surface area contributed by atoms with Crippen LogP contribution in [0.4, 0.5) is 0 Å². The molecule has 0 aliphatic heterocycles. The molecule has 1 rings (SSSR count). The molecule has 0 spiro atoms. The number of benzene rings is 1. The highest BCUT2D eigenvalue weighted by Gasteiger charge is 1.98. The highest BCUT2D eigenvalue weighted by atomic mass is 35.5. The Morgan fingerprint density at radius 2 is 2.22 bits per heavy atom. The third-order valence-corrected chi connectivity index (χ3v) is 2.61. The standard InChI is InChI=1S/C13H20ClN3O/c1-2-3-8-16-13(15)17-9-10-18-12-7-5-4-6-11(12)14/h4-7H,2-3,8-10H2,1H3,(H3,15,16,17). The van der Waals surface area contributed by atoms with E-state index < -0.39 is 0 Å². The predicted molar refractivity (Wildman–Crippen MR) is 76.3 cm³/mol. The molecule has 0 aromatic heterocycles. The minimum atomic E-state index is 0.464. The average Bonchev–Trinajstić information content (AvgIpc) is 2.37. The number of rotatable bonds is 7. The molecular formula is C13H20ClN3O. The van der Waals surface area contributed by atoms with Gasteiger partial charge in [-0.2, -0.15) is 0 Å². The summed E-state index contributed by atoms with van der Waals surface area (Å²) in [4.78, 5) is 4.18. The number of halogens is 1. The molecular weight excluding hydrogens is 250 g/mol. The molecule has 0 saturated heterocycles. The number of aliphatic imine (C=N–C) groups is 1. The first kappa shape index (κ1) is 14.6. The van der Waals surface area contributed by atoms with Crippen molar-refractivity contribution >= 4 is 17.6 Å². The molecule has 0 atom stereocenters. The monoisotopic (exact) mass is 269 g/mol. The molecule has 0 radical (unpaired) electrons. The van der Waals surface area contributed by atoms with Gasteiger partial charge in [-0.15, -0.1) is 0 Å². The van der Waals surface area contributed by atoms with E-state index in [1.807, 2.05) is 18.2 Å². The van der Waals surface area contributed by atoms with Gasteiger partial charge in [-0.05, 0) is 18.6 Å². The molecule has 18 heavy (non-hydrogen) atoms. The van der Waals surface area contributed by atoms with E-state index in [2.05, 4.69) is 17.2 Å². The van der Waals surface area contributed by atoms with Gasteiger partial charge in [0.15, 0.2) is 5.96 Å². The van der Waals surface area contributed by atoms with Crippen LogP contribution >= 0.6 is 11.6 Å². The van der Waals surface area contributed by atoms with Gasteiger partial charge in [0.1, 0.15) is 12.4 Å². The largest absolute Gasteiger partial charge is 0.490 e. The van der Waals surface area contributed by atoms with Crippen molar-refractivity contribution in [2.45, 2.75) is 19.8 Å². The zero-order chi connectivity index (χ0) is 13.2. The maximum absolute atomic E-state index is 5.96. The van der Waals surface area contributed by atoms with Crippen LogP contribution < -0.4 is 15.8 Å². The van der Waals surface area contributed by atoms with Gasteiger partial charge in [-0.25, -0.2) is 0 Å². The van der Waals surface area contributed by atoms with E-state index >= 15 is 0 Å². The van der Waals surface area contributed by atoms with E-state index in [1.165, 1.54) is 0 Å². The molecule has 0 saturated carbocycles. The van der Waals surface area contributed by atoms with Gasteiger partial charge in [0.25, 0.3) is 0 Å². The molecule has 3 N–H and O–H groups in total. The van der Waals surface area contributed by atoms with Crippen molar-refractivity contribution in [1.82, 2.24) is 5.32 Å². The first-order valence-corrected chi connectivity index (χ1v) is 6.53. The molecule has 0 aliphatic carbocycles. The summed E-state index contributed by atoms with van der Waals surface area (Å²) in [5, 5.41) is 3.60.